The van der Waals surface area contributed by atoms with Crippen LogP contribution in [0.4, 0.5) is 0 Å². The summed E-state index contributed by atoms with van der Waals surface area (Å²) in [6, 6.07) is 0.188. The van der Waals surface area contributed by atoms with Crippen LogP contribution in [0.2, 0.25) is 0 Å². The molecule has 0 aromatic heterocycles. The second-order valence-corrected chi connectivity index (χ2v) is 5.35. The minimum Gasteiger partial charge on any atom is -0.382 e. The van der Waals surface area contributed by atoms with Crippen LogP contribution in [0, 0.1) is 5.92 Å². The lowest BCUT2D eigenvalue weighted by atomic mass is 9.84. The molecule has 1 aliphatic carbocycles. The van der Waals surface area contributed by atoms with Gasteiger partial charge in [-0.3, -0.25) is 0 Å². The van der Waals surface area contributed by atoms with Gasteiger partial charge in [-0.15, -0.1) is 0 Å². The predicted molar refractivity (Wildman–Crippen MR) is 78.9 cm³/mol. The normalized spacial score (nSPS) is 18.3. The van der Waals surface area contributed by atoms with Crippen molar-refractivity contribution >= 4 is 0 Å². The van der Waals surface area contributed by atoms with E-state index in [9.17, 15) is 0 Å². The molecule has 5 heteroatoms. The Morgan fingerprint density at radius 1 is 0.850 bits per heavy atom. The topological polar surface area (TPSA) is 62.9 Å². The van der Waals surface area contributed by atoms with Gasteiger partial charge in [-0.25, -0.2) is 0 Å². The molecule has 20 heavy (non-hydrogen) atoms. The lowest BCUT2D eigenvalue weighted by Gasteiger charge is -2.27. The van der Waals surface area contributed by atoms with Crippen LogP contribution in [0.15, 0.2) is 0 Å². The first-order valence-electron chi connectivity index (χ1n) is 7.82. The third-order valence-electron chi connectivity index (χ3n) is 3.74. The van der Waals surface area contributed by atoms with Gasteiger partial charge in [0.05, 0.1) is 46.2 Å². The van der Waals surface area contributed by atoms with Gasteiger partial charge in [0.2, 0.25) is 0 Å². The van der Waals surface area contributed by atoms with Crippen LogP contribution in [-0.2, 0) is 18.9 Å². The fourth-order valence-electron chi connectivity index (χ4n) is 2.50. The van der Waals surface area contributed by atoms with Crippen LogP contribution in [-0.4, -0.2) is 59.4 Å². The van der Waals surface area contributed by atoms with Crippen molar-refractivity contribution in [3.05, 3.63) is 0 Å². The molecule has 1 aliphatic rings. The largest absolute Gasteiger partial charge is 0.382 e. The van der Waals surface area contributed by atoms with E-state index in [0.29, 0.717) is 52.2 Å². The maximum Gasteiger partial charge on any atom is 0.0701 e. The molecule has 1 rings (SSSR count). The highest BCUT2D eigenvalue weighted by Gasteiger charge is 2.20. The van der Waals surface area contributed by atoms with Crippen molar-refractivity contribution in [2.24, 2.45) is 11.7 Å². The summed E-state index contributed by atoms with van der Waals surface area (Å²) >= 11 is 0. The van der Waals surface area contributed by atoms with E-state index in [4.69, 9.17) is 24.7 Å². The molecule has 0 saturated heterocycles. The maximum atomic E-state index is 6.16. The Balaban J connectivity index is 1.82. The Labute approximate surface area is 123 Å². The van der Waals surface area contributed by atoms with Gasteiger partial charge in [0.25, 0.3) is 0 Å². The number of nitrogens with two attached hydrogens (primary N) is 1. The molecule has 1 atom stereocenters. The Kier molecular flexibility index (Phi) is 11.2. The van der Waals surface area contributed by atoms with Gasteiger partial charge in [-0.2, -0.15) is 0 Å². The Morgan fingerprint density at radius 3 is 2.00 bits per heavy atom. The quantitative estimate of drug-likeness (QED) is 0.553. The Morgan fingerprint density at radius 2 is 1.40 bits per heavy atom. The van der Waals surface area contributed by atoms with Crippen molar-refractivity contribution in [3.63, 3.8) is 0 Å². The molecular weight excluding hydrogens is 258 g/mol. The SMILES string of the molecule is COCCOCCOCCOCC(N)C1CCCCC1. The van der Waals surface area contributed by atoms with E-state index in [2.05, 4.69) is 0 Å². The summed E-state index contributed by atoms with van der Waals surface area (Å²) in [5.41, 5.74) is 6.16. The van der Waals surface area contributed by atoms with Crippen LogP contribution in [0.3, 0.4) is 0 Å². The molecule has 0 aliphatic heterocycles. The molecule has 0 heterocycles. The summed E-state index contributed by atoms with van der Waals surface area (Å²) in [7, 11) is 1.66. The van der Waals surface area contributed by atoms with Crippen molar-refractivity contribution in [3.8, 4) is 0 Å². The molecule has 0 spiro atoms. The van der Waals surface area contributed by atoms with E-state index < -0.39 is 0 Å². The number of rotatable bonds is 12. The minimum absolute atomic E-state index is 0.188. The second kappa shape index (κ2) is 12.5. The number of ether oxygens (including phenoxy) is 4. The van der Waals surface area contributed by atoms with Gasteiger partial charge >= 0.3 is 0 Å². The van der Waals surface area contributed by atoms with Gasteiger partial charge in [-0.05, 0) is 18.8 Å². The van der Waals surface area contributed by atoms with Crippen molar-refractivity contribution in [2.45, 2.75) is 38.1 Å². The number of hydrogen-bond donors (Lipinski definition) is 1. The molecule has 0 aromatic rings. The molecule has 0 bridgehead atoms. The highest BCUT2D eigenvalue weighted by atomic mass is 16.6. The van der Waals surface area contributed by atoms with Crippen LogP contribution < -0.4 is 5.73 Å². The fraction of sp³-hybridized carbons (Fsp3) is 1.00. The van der Waals surface area contributed by atoms with Crippen LogP contribution in [0.25, 0.3) is 0 Å². The van der Waals surface area contributed by atoms with Gasteiger partial charge in [0, 0.05) is 13.2 Å². The summed E-state index contributed by atoms with van der Waals surface area (Å²) in [5.74, 6) is 0.652. The van der Waals surface area contributed by atoms with E-state index in [0.717, 1.165) is 0 Å². The zero-order chi connectivity index (χ0) is 14.5. The number of methoxy groups -OCH3 is 1. The first-order chi connectivity index (χ1) is 9.84. The summed E-state index contributed by atoms with van der Waals surface area (Å²) in [6.45, 7) is 4.31. The monoisotopic (exact) mass is 289 g/mol. The van der Waals surface area contributed by atoms with Crippen molar-refractivity contribution in [1.29, 1.82) is 0 Å². The summed E-state index contributed by atoms with van der Waals surface area (Å²) in [5, 5.41) is 0. The third-order valence-corrected chi connectivity index (χ3v) is 3.74. The van der Waals surface area contributed by atoms with Crippen molar-refractivity contribution < 1.29 is 18.9 Å². The molecule has 5 nitrogen and oxygen atoms in total. The van der Waals surface area contributed by atoms with Gasteiger partial charge < -0.3 is 24.7 Å². The molecule has 1 saturated carbocycles. The number of hydrogen-bond acceptors (Lipinski definition) is 5. The van der Waals surface area contributed by atoms with E-state index in [1.54, 1.807) is 7.11 Å². The average Bonchev–Trinajstić information content (AvgIpc) is 2.50. The summed E-state index contributed by atoms with van der Waals surface area (Å²) in [6.07, 6.45) is 6.54. The van der Waals surface area contributed by atoms with Gasteiger partial charge in [0.15, 0.2) is 0 Å². The molecule has 120 valence electrons. The van der Waals surface area contributed by atoms with E-state index >= 15 is 0 Å². The standard InChI is InChI=1S/C15H31NO4/c1-17-7-8-18-9-10-19-11-12-20-13-15(16)14-5-3-2-4-6-14/h14-15H,2-13,16H2,1H3. The fourth-order valence-corrected chi connectivity index (χ4v) is 2.50. The first kappa shape index (κ1) is 17.9. The van der Waals surface area contributed by atoms with Crippen LogP contribution in [0.1, 0.15) is 32.1 Å². The Hall–Kier alpha value is -0.200. The molecule has 0 aromatic carbocycles. The summed E-state index contributed by atoms with van der Waals surface area (Å²) in [4.78, 5) is 0. The third kappa shape index (κ3) is 8.87. The molecule has 2 N–H and O–H groups in total. The average molecular weight is 289 g/mol. The second-order valence-electron chi connectivity index (χ2n) is 5.35. The highest BCUT2D eigenvalue weighted by Crippen LogP contribution is 2.25. The zero-order valence-corrected chi connectivity index (χ0v) is 12.9. The lowest BCUT2D eigenvalue weighted by Crippen LogP contribution is -2.36. The molecule has 0 amide bonds. The van der Waals surface area contributed by atoms with E-state index in [1.807, 2.05) is 0 Å². The minimum atomic E-state index is 0.188. The highest BCUT2D eigenvalue weighted by molar-refractivity contribution is 4.75. The Bertz CT molecular complexity index is 210. The molecule has 1 fully saturated rings. The molecular formula is C15H31NO4. The smallest absolute Gasteiger partial charge is 0.0701 e. The van der Waals surface area contributed by atoms with E-state index in [1.165, 1.54) is 32.1 Å². The molecule has 0 radical (unpaired) electrons. The predicted octanol–water partition coefficient (Wildman–Crippen LogP) is 1.59. The van der Waals surface area contributed by atoms with E-state index in [-0.39, 0.29) is 6.04 Å². The zero-order valence-electron chi connectivity index (χ0n) is 12.9. The van der Waals surface area contributed by atoms with Crippen LogP contribution in [0.5, 0.6) is 0 Å². The lowest BCUT2D eigenvalue weighted by molar-refractivity contribution is -0.000554. The first-order valence-corrected chi connectivity index (χ1v) is 7.82. The van der Waals surface area contributed by atoms with Crippen molar-refractivity contribution in [2.75, 3.05) is 53.4 Å². The van der Waals surface area contributed by atoms with Gasteiger partial charge in [0.1, 0.15) is 0 Å². The maximum absolute atomic E-state index is 6.16. The van der Waals surface area contributed by atoms with Gasteiger partial charge in [-0.1, -0.05) is 19.3 Å². The van der Waals surface area contributed by atoms with Crippen LogP contribution >= 0.6 is 0 Å². The summed E-state index contributed by atoms with van der Waals surface area (Å²) < 4.78 is 21.2. The van der Waals surface area contributed by atoms with Crippen molar-refractivity contribution in [1.82, 2.24) is 0 Å². The molecule has 1 unspecified atom stereocenters.